The molecule has 4 rings (SSSR count). The summed E-state index contributed by atoms with van der Waals surface area (Å²) in [4.78, 5) is 42.9. The van der Waals surface area contributed by atoms with Gasteiger partial charge in [-0.1, -0.05) is 23.5 Å². The summed E-state index contributed by atoms with van der Waals surface area (Å²) in [5, 5.41) is 2.86. The van der Waals surface area contributed by atoms with Crippen LogP contribution in [0.15, 0.2) is 29.3 Å². The standard InChI is InChI=1S/C23H25N3O6S3/c1-3-32-22(29)20-14-8-4-6-10-16(14)33-21(20)24-18(27)12-35(30,31)13-19(28)25-23-26(2)15-9-5-7-11-17(15)34-23/h5,7,9,11H,3-4,6,8,10,12-13H2,1-2H3,(H,24,27). The van der Waals surface area contributed by atoms with E-state index in [2.05, 4.69) is 10.3 Å². The number of anilines is 1. The number of benzene rings is 1. The molecule has 0 radical (unpaired) electrons. The maximum atomic E-state index is 12.6. The van der Waals surface area contributed by atoms with E-state index in [0.29, 0.717) is 21.8 Å². The van der Waals surface area contributed by atoms with Crippen molar-refractivity contribution in [1.29, 1.82) is 0 Å². The van der Waals surface area contributed by atoms with Gasteiger partial charge in [0.1, 0.15) is 16.5 Å². The zero-order valence-electron chi connectivity index (χ0n) is 19.3. The van der Waals surface area contributed by atoms with Crippen LogP contribution in [0.5, 0.6) is 0 Å². The van der Waals surface area contributed by atoms with E-state index < -0.39 is 39.1 Å². The number of nitrogens with one attached hydrogen (secondary N) is 1. The number of rotatable bonds is 7. The van der Waals surface area contributed by atoms with Gasteiger partial charge >= 0.3 is 5.97 Å². The van der Waals surface area contributed by atoms with Gasteiger partial charge in [0.05, 0.1) is 22.4 Å². The Hall–Kier alpha value is -2.83. The largest absolute Gasteiger partial charge is 0.462 e. The van der Waals surface area contributed by atoms with Crippen LogP contribution in [-0.4, -0.2) is 48.9 Å². The van der Waals surface area contributed by atoms with Crippen molar-refractivity contribution in [2.45, 2.75) is 32.6 Å². The number of ether oxygens (including phenoxy) is 1. The first-order chi connectivity index (χ1) is 16.7. The third kappa shape index (κ3) is 5.71. The summed E-state index contributed by atoms with van der Waals surface area (Å²) < 4.78 is 32.9. The van der Waals surface area contributed by atoms with Gasteiger partial charge in [-0.2, -0.15) is 4.99 Å². The zero-order valence-corrected chi connectivity index (χ0v) is 21.8. The van der Waals surface area contributed by atoms with Crippen LogP contribution in [0.2, 0.25) is 0 Å². The second-order valence-electron chi connectivity index (χ2n) is 8.13. The highest BCUT2D eigenvalue weighted by atomic mass is 32.2. The van der Waals surface area contributed by atoms with Crippen LogP contribution in [0, 0.1) is 0 Å². The normalized spacial score (nSPS) is 14.1. The molecule has 2 amide bonds. The monoisotopic (exact) mass is 535 g/mol. The van der Waals surface area contributed by atoms with Crippen LogP contribution in [0.1, 0.15) is 40.6 Å². The van der Waals surface area contributed by atoms with Crippen molar-refractivity contribution in [2.75, 3.05) is 23.4 Å². The van der Waals surface area contributed by atoms with Crippen LogP contribution in [0.3, 0.4) is 0 Å². The first kappa shape index (κ1) is 25.3. The molecule has 186 valence electrons. The number of carbonyl (C=O) groups excluding carboxylic acids is 3. The molecule has 3 aromatic rings. The van der Waals surface area contributed by atoms with E-state index in [9.17, 15) is 22.8 Å². The Labute approximate surface area is 210 Å². The number of thiazole rings is 1. The summed E-state index contributed by atoms with van der Waals surface area (Å²) in [6, 6.07) is 7.49. The van der Waals surface area contributed by atoms with Crippen LogP contribution < -0.4 is 10.1 Å². The summed E-state index contributed by atoms with van der Waals surface area (Å²) in [5.41, 5.74) is 2.05. The molecule has 0 spiro atoms. The van der Waals surface area contributed by atoms with Crippen molar-refractivity contribution in [3.63, 3.8) is 0 Å². The van der Waals surface area contributed by atoms with E-state index in [1.807, 2.05) is 24.3 Å². The molecule has 2 aromatic heterocycles. The molecule has 0 atom stereocenters. The number of carbonyl (C=O) groups is 3. The van der Waals surface area contributed by atoms with E-state index in [1.165, 1.54) is 22.7 Å². The first-order valence-electron chi connectivity index (χ1n) is 11.1. The Morgan fingerprint density at radius 2 is 1.86 bits per heavy atom. The van der Waals surface area contributed by atoms with Crippen LogP contribution in [0.25, 0.3) is 10.2 Å². The van der Waals surface area contributed by atoms with E-state index in [-0.39, 0.29) is 6.61 Å². The fraction of sp³-hybridized carbons (Fsp3) is 0.391. The molecule has 0 saturated carbocycles. The molecule has 1 N–H and O–H groups in total. The fourth-order valence-corrected chi connectivity index (χ4v) is 7.35. The molecular formula is C23H25N3O6S3. The molecule has 2 heterocycles. The molecule has 0 bridgehead atoms. The highest BCUT2D eigenvalue weighted by Crippen LogP contribution is 2.38. The quantitative estimate of drug-likeness (QED) is 0.464. The fourth-order valence-electron chi connectivity index (χ4n) is 4.00. The van der Waals surface area contributed by atoms with Crippen molar-refractivity contribution < 1.29 is 27.5 Å². The number of aromatic nitrogens is 1. The Morgan fingerprint density at radius 1 is 1.11 bits per heavy atom. The number of amides is 2. The third-order valence-corrected chi connectivity index (χ3v) is 9.24. The van der Waals surface area contributed by atoms with Gasteiger partial charge in [-0.05, 0) is 50.3 Å². The Kier molecular flexibility index (Phi) is 7.53. The van der Waals surface area contributed by atoms with Gasteiger partial charge in [0.2, 0.25) is 5.91 Å². The average molecular weight is 536 g/mol. The second-order valence-corrected chi connectivity index (χ2v) is 12.3. The highest BCUT2D eigenvalue weighted by molar-refractivity contribution is 7.92. The van der Waals surface area contributed by atoms with E-state index in [0.717, 1.165) is 39.9 Å². The molecular weight excluding hydrogens is 510 g/mol. The van der Waals surface area contributed by atoms with E-state index in [4.69, 9.17) is 4.74 Å². The lowest BCUT2D eigenvalue weighted by atomic mass is 9.95. The number of esters is 1. The van der Waals surface area contributed by atoms with Crippen LogP contribution in [0.4, 0.5) is 5.00 Å². The minimum Gasteiger partial charge on any atom is -0.462 e. The molecule has 12 heteroatoms. The van der Waals surface area contributed by atoms with Gasteiger partial charge in [-0.25, -0.2) is 13.2 Å². The second kappa shape index (κ2) is 10.4. The summed E-state index contributed by atoms with van der Waals surface area (Å²) >= 11 is 2.55. The van der Waals surface area contributed by atoms with Crippen molar-refractivity contribution in [1.82, 2.24) is 4.57 Å². The molecule has 35 heavy (non-hydrogen) atoms. The Bertz CT molecular complexity index is 1480. The molecule has 1 aliphatic rings. The predicted molar refractivity (Wildman–Crippen MR) is 136 cm³/mol. The molecule has 1 aliphatic carbocycles. The molecule has 0 unspecified atom stereocenters. The number of para-hydroxylation sites is 1. The van der Waals surface area contributed by atoms with Crippen LogP contribution >= 0.6 is 22.7 Å². The number of aryl methyl sites for hydroxylation is 2. The Morgan fingerprint density at radius 3 is 2.60 bits per heavy atom. The number of fused-ring (bicyclic) bond motifs is 2. The van der Waals surface area contributed by atoms with Crippen molar-refractivity contribution >= 4 is 65.5 Å². The molecule has 0 saturated heterocycles. The van der Waals surface area contributed by atoms with Crippen molar-refractivity contribution in [3.8, 4) is 0 Å². The zero-order chi connectivity index (χ0) is 25.2. The number of nitrogens with zero attached hydrogens (tertiary/aromatic N) is 2. The molecule has 9 nitrogen and oxygen atoms in total. The van der Waals surface area contributed by atoms with Crippen molar-refractivity contribution in [3.05, 3.63) is 45.1 Å². The van der Waals surface area contributed by atoms with Crippen LogP contribution in [-0.2, 0) is 44.1 Å². The summed E-state index contributed by atoms with van der Waals surface area (Å²) in [7, 11) is -2.34. The third-order valence-electron chi connectivity index (χ3n) is 5.53. The molecule has 0 aliphatic heterocycles. The van der Waals surface area contributed by atoms with Gasteiger partial charge in [0, 0.05) is 11.9 Å². The lowest BCUT2D eigenvalue weighted by Crippen LogP contribution is -2.28. The number of hydrogen-bond donors (Lipinski definition) is 1. The molecule has 0 fully saturated rings. The SMILES string of the molecule is CCOC(=O)c1c(NC(=O)CS(=O)(=O)CC(=O)N=c2sc3ccccc3n2C)sc2c1CCCC2. The number of thiophene rings is 1. The lowest BCUT2D eigenvalue weighted by molar-refractivity contribution is -0.115. The number of sulfone groups is 1. The van der Waals surface area contributed by atoms with Gasteiger partial charge in [-0.3, -0.25) is 9.59 Å². The minimum absolute atomic E-state index is 0.189. The summed E-state index contributed by atoms with van der Waals surface area (Å²) in [5.74, 6) is -3.97. The highest BCUT2D eigenvalue weighted by Gasteiger charge is 2.28. The van der Waals surface area contributed by atoms with Gasteiger partial charge < -0.3 is 14.6 Å². The van der Waals surface area contributed by atoms with E-state index >= 15 is 0 Å². The van der Waals surface area contributed by atoms with Gasteiger partial charge in [0.15, 0.2) is 14.6 Å². The smallest absolute Gasteiger partial charge is 0.341 e. The summed E-state index contributed by atoms with van der Waals surface area (Å²) in [6.07, 6.45) is 3.42. The predicted octanol–water partition coefficient (Wildman–Crippen LogP) is 2.84. The lowest BCUT2D eigenvalue weighted by Gasteiger charge is -2.12. The maximum absolute atomic E-state index is 12.6. The van der Waals surface area contributed by atoms with Gasteiger partial charge in [0.25, 0.3) is 5.91 Å². The Balaban J connectivity index is 1.48. The minimum atomic E-state index is -4.08. The molecule has 1 aromatic carbocycles. The summed E-state index contributed by atoms with van der Waals surface area (Å²) in [6.45, 7) is 1.89. The van der Waals surface area contributed by atoms with Gasteiger partial charge in [-0.15, -0.1) is 11.3 Å². The number of hydrogen-bond acceptors (Lipinski definition) is 8. The maximum Gasteiger partial charge on any atom is 0.341 e. The average Bonchev–Trinajstić information content (AvgIpc) is 3.30. The topological polar surface area (TPSA) is 124 Å². The first-order valence-corrected chi connectivity index (χ1v) is 14.6. The van der Waals surface area contributed by atoms with E-state index in [1.54, 1.807) is 18.5 Å². The van der Waals surface area contributed by atoms with Crippen molar-refractivity contribution in [2.24, 2.45) is 12.0 Å².